The zero-order valence-corrected chi connectivity index (χ0v) is 19.8. The molecule has 3 amide bonds. The maximum absolute atomic E-state index is 13.4. The molecule has 9 heteroatoms. The maximum Gasteiger partial charge on any atom is 0.321 e. The smallest absolute Gasteiger partial charge is 0.321 e. The van der Waals surface area contributed by atoms with Gasteiger partial charge >= 0.3 is 6.03 Å². The fourth-order valence-electron chi connectivity index (χ4n) is 4.64. The summed E-state index contributed by atoms with van der Waals surface area (Å²) < 4.78 is 1.80. The van der Waals surface area contributed by atoms with Crippen LogP contribution >= 0.6 is 23.1 Å². The number of aryl methyl sites for hydroxylation is 2. The number of imide groups is 1. The minimum atomic E-state index is -0.432. The summed E-state index contributed by atoms with van der Waals surface area (Å²) in [5, 5.41) is 6.61. The first-order valence-corrected chi connectivity index (χ1v) is 13.0. The third kappa shape index (κ3) is 4.98. The summed E-state index contributed by atoms with van der Waals surface area (Å²) >= 11 is 2.76. The van der Waals surface area contributed by atoms with Crippen LogP contribution in [0.5, 0.6) is 0 Å². The highest BCUT2D eigenvalue weighted by Gasteiger charge is 2.25. The van der Waals surface area contributed by atoms with E-state index >= 15 is 0 Å². The molecule has 2 aliphatic carbocycles. The number of nitrogens with one attached hydrogen (secondary N) is 2. The predicted octanol–water partition coefficient (Wildman–Crippen LogP) is 4.44. The first-order valence-electron chi connectivity index (χ1n) is 11.2. The van der Waals surface area contributed by atoms with E-state index in [9.17, 15) is 14.4 Å². The fraction of sp³-hybridized carbons (Fsp3) is 0.636. The van der Waals surface area contributed by atoms with Gasteiger partial charge in [0.05, 0.1) is 11.1 Å². The van der Waals surface area contributed by atoms with Crippen LogP contribution in [0, 0.1) is 13.8 Å². The molecule has 0 aliphatic heterocycles. The number of hydrogen-bond donors (Lipinski definition) is 2. The molecule has 0 spiro atoms. The highest BCUT2D eigenvalue weighted by Crippen LogP contribution is 2.34. The average molecular weight is 463 g/mol. The van der Waals surface area contributed by atoms with Gasteiger partial charge in [-0.05, 0) is 45.1 Å². The number of carbonyl (C=O) groups excluding carboxylic acids is 2. The molecule has 0 unspecified atom stereocenters. The van der Waals surface area contributed by atoms with Crippen LogP contribution < -0.4 is 16.2 Å². The zero-order chi connectivity index (χ0) is 22.0. The number of thioether (sulfide) groups is 1. The Morgan fingerprint density at radius 3 is 2.48 bits per heavy atom. The van der Waals surface area contributed by atoms with Gasteiger partial charge in [0.2, 0.25) is 5.91 Å². The SMILES string of the molecule is Cc1sc2nc(SCC(=O)NC(=O)NC3CCCCC3)n(C3CCCC3)c(=O)c2c1C. The molecule has 0 radical (unpaired) electrons. The number of nitrogens with zero attached hydrogens (tertiary/aromatic N) is 2. The molecule has 2 N–H and O–H groups in total. The van der Waals surface area contributed by atoms with Crippen LogP contribution in [0.25, 0.3) is 10.2 Å². The van der Waals surface area contributed by atoms with E-state index in [0.29, 0.717) is 10.5 Å². The lowest BCUT2D eigenvalue weighted by Crippen LogP contribution is -2.45. The van der Waals surface area contributed by atoms with Gasteiger partial charge in [-0.25, -0.2) is 9.78 Å². The van der Waals surface area contributed by atoms with Crippen LogP contribution in [-0.2, 0) is 4.79 Å². The lowest BCUT2D eigenvalue weighted by molar-refractivity contribution is -0.117. The number of rotatable bonds is 5. The van der Waals surface area contributed by atoms with E-state index in [1.807, 2.05) is 13.8 Å². The van der Waals surface area contributed by atoms with Crippen molar-refractivity contribution in [3.63, 3.8) is 0 Å². The molecule has 168 valence electrons. The van der Waals surface area contributed by atoms with Gasteiger partial charge in [0.15, 0.2) is 5.16 Å². The summed E-state index contributed by atoms with van der Waals surface area (Å²) in [5.74, 6) is -0.323. The molecule has 7 nitrogen and oxygen atoms in total. The quantitative estimate of drug-likeness (QED) is 0.506. The summed E-state index contributed by atoms with van der Waals surface area (Å²) in [4.78, 5) is 44.5. The van der Waals surface area contributed by atoms with Gasteiger partial charge in [-0.2, -0.15) is 0 Å². The minimum absolute atomic E-state index is 0.00306. The van der Waals surface area contributed by atoms with E-state index in [1.165, 1.54) is 29.5 Å². The van der Waals surface area contributed by atoms with Gasteiger partial charge in [-0.15, -0.1) is 11.3 Å². The van der Waals surface area contributed by atoms with Crippen molar-refractivity contribution < 1.29 is 9.59 Å². The molecular weight excluding hydrogens is 432 g/mol. The topological polar surface area (TPSA) is 93.1 Å². The Kier molecular flexibility index (Phi) is 7.01. The first kappa shape index (κ1) is 22.3. The second-order valence-electron chi connectivity index (χ2n) is 8.62. The molecule has 2 fully saturated rings. The van der Waals surface area contributed by atoms with Crippen molar-refractivity contribution >= 4 is 45.3 Å². The second-order valence-corrected chi connectivity index (χ2v) is 10.8. The van der Waals surface area contributed by atoms with Crippen LogP contribution in [0.4, 0.5) is 4.79 Å². The zero-order valence-electron chi connectivity index (χ0n) is 18.2. The summed E-state index contributed by atoms with van der Waals surface area (Å²) in [7, 11) is 0. The summed E-state index contributed by atoms with van der Waals surface area (Å²) in [5.41, 5.74) is 0.995. The van der Waals surface area contributed by atoms with Crippen molar-refractivity contribution in [2.75, 3.05) is 5.75 Å². The highest BCUT2D eigenvalue weighted by atomic mass is 32.2. The Hall–Kier alpha value is -1.87. The number of aromatic nitrogens is 2. The van der Waals surface area contributed by atoms with Crippen LogP contribution in [0.3, 0.4) is 0 Å². The number of fused-ring (bicyclic) bond motifs is 1. The Bertz CT molecular complexity index is 1030. The average Bonchev–Trinajstić information content (AvgIpc) is 3.35. The summed E-state index contributed by atoms with van der Waals surface area (Å²) in [6, 6.07) is -0.154. The lowest BCUT2D eigenvalue weighted by atomic mass is 9.96. The van der Waals surface area contributed by atoms with Crippen molar-refractivity contribution in [1.82, 2.24) is 20.2 Å². The van der Waals surface area contributed by atoms with Gasteiger partial charge in [-0.1, -0.05) is 43.9 Å². The summed E-state index contributed by atoms with van der Waals surface area (Å²) in [6.45, 7) is 3.98. The van der Waals surface area contributed by atoms with Crippen LogP contribution in [0.15, 0.2) is 9.95 Å². The normalized spacial score (nSPS) is 17.9. The number of hydrogen-bond acceptors (Lipinski definition) is 6. The number of urea groups is 1. The molecule has 0 aromatic carbocycles. The molecule has 4 rings (SSSR count). The molecule has 2 saturated carbocycles. The monoisotopic (exact) mass is 462 g/mol. The van der Waals surface area contributed by atoms with E-state index in [1.54, 1.807) is 4.57 Å². The highest BCUT2D eigenvalue weighted by molar-refractivity contribution is 7.99. The Labute approximate surface area is 190 Å². The van der Waals surface area contributed by atoms with Crippen molar-refractivity contribution in [2.45, 2.75) is 88.9 Å². The molecule has 2 aromatic heterocycles. The molecule has 2 heterocycles. The number of carbonyl (C=O) groups is 2. The lowest BCUT2D eigenvalue weighted by Gasteiger charge is -2.22. The van der Waals surface area contributed by atoms with Crippen molar-refractivity contribution in [3.8, 4) is 0 Å². The molecule has 2 aromatic rings. The van der Waals surface area contributed by atoms with Gasteiger partial charge in [0, 0.05) is 17.0 Å². The van der Waals surface area contributed by atoms with Crippen molar-refractivity contribution in [2.24, 2.45) is 0 Å². The van der Waals surface area contributed by atoms with Crippen molar-refractivity contribution in [1.29, 1.82) is 0 Å². The molecular formula is C22H30N4O3S2. The van der Waals surface area contributed by atoms with E-state index in [4.69, 9.17) is 4.98 Å². The molecule has 0 saturated heterocycles. The van der Waals surface area contributed by atoms with E-state index in [0.717, 1.165) is 66.6 Å². The minimum Gasteiger partial charge on any atom is -0.335 e. The third-order valence-electron chi connectivity index (χ3n) is 6.42. The fourth-order valence-corrected chi connectivity index (χ4v) is 6.57. The van der Waals surface area contributed by atoms with Crippen molar-refractivity contribution in [3.05, 3.63) is 20.8 Å². The Morgan fingerprint density at radius 2 is 1.77 bits per heavy atom. The molecule has 31 heavy (non-hydrogen) atoms. The van der Waals surface area contributed by atoms with Gasteiger partial charge < -0.3 is 5.32 Å². The van der Waals surface area contributed by atoms with Gasteiger partial charge in [0.1, 0.15) is 4.83 Å². The van der Waals surface area contributed by atoms with Crippen LogP contribution in [-0.4, -0.2) is 33.3 Å². The summed E-state index contributed by atoms with van der Waals surface area (Å²) in [6.07, 6.45) is 9.48. The predicted molar refractivity (Wildman–Crippen MR) is 125 cm³/mol. The first-order chi connectivity index (χ1) is 14.9. The van der Waals surface area contributed by atoms with E-state index < -0.39 is 6.03 Å². The van der Waals surface area contributed by atoms with Crippen LogP contribution in [0.1, 0.15) is 74.3 Å². The van der Waals surface area contributed by atoms with E-state index in [-0.39, 0.29) is 29.3 Å². The standard InChI is InChI=1S/C22H30N4O3S2/c1-13-14(2)31-19-18(13)20(28)26(16-10-6-7-11-16)22(25-19)30-12-17(27)24-21(29)23-15-8-4-3-5-9-15/h15-16H,3-12H2,1-2H3,(H2,23,24,27,29). The number of thiophene rings is 1. The largest absolute Gasteiger partial charge is 0.335 e. The van der Waals surface area contributed by atoms with Gasteiger partial charge in [-0.3, -0.25) is 19.5 Å². The molecule has 0 atom stereocenters. The van der Waals surface area contributed by atoms with E-state index in [2.05, 4.69) is 10.6 Å². The van der Waals surface area contributed by atoms with Crippen LogP contribution in [0.2, 0.25) is 0 Å². The third-order valence-corrected chi connectivity index (χ3v) is 8.47. The maximum atomic E-state index is 13.4. The molecule has 0 bridgehead atoms. The Morgan fingerprint density at radius 1 is 1.10 bits per heavy atom. The second kappa shape index (κ2) is 9.73. The molecule has 2 aliphatic rings. The number of amides is 3. The Balaban J connectivity index is 1.48. The van der Waals surface area contributed by atoms with Gasteiger partial charge in [0.25, 0.3) is 5.56 Å².